The molecule has 0 saturated carbocycles. The van der Waals surface area contributed by atoms with E-state index in [1.54, 1.807) is 7.11 Å². The van der Waals surface area contributed by atoms with E-state index in [0.29, 0.717) is 0 Å². The standard InChI is InChI=1S/C11H14O/c1-5-10-6-9(3)11(12-4)7-8(10)2/h5-7H,1H2,2-4H3. The number of aryl methyl sites for hydroxylation is 2. The van der Waals surface area contributed by atoms with E-state index in [1.165, 1.54) is 11.1 Å². The van der Waals surface area contributed by atoms with E-state index < -0.39 is 0 Å². The Bertz CT molecular complexity index is 300. The molecule has 0 aromatic heterocycles. The van der Waals surface area contributed by atoms with Gasteiger partial charge in [-0.15, -0.1) is 0 Å². The monoisotopic (exact) mass is 162 g/mol. The second kappa shape index (κ2) is 3.44. The lowest BCUT2D eigenvalue weighted by Crippen LogP contribution is -1.90. The van der Waals surface area contributed by atoms with E-state index in [1.807, 2.05) is 19.1 Å². The predicted octanol–water partition coefficient (Wildman–Crippen LogP) is 2.96. The number of benzene rings is 1. The summed E-state index contributed by atoms with van der Waals surface area (Å²) in [6, 6.07) is 4.12. The fourth-order valence-electron chi connectivity index (χ4n) is 1.25. The summed E-state index contributed by atoms with van der Waals surface area (Å²) in [5.74, 6) is 0.943. The van der Waals surface area contributed by atoms with Crippen LogP contribution in [0.25, 0.3) is 6.08 Å². The van der Waals surface area contributed by atoms with Crippen molar-refractivity contribution in [1.82, 2.24) is 0 Å². The van der Waals surface area contributed by atoms with Gasteiger partial charge in [-0.2, -0.15) is 0 Å². The van der Waals surface area contributed by atoms with Crippen molar-refractivity contribution in [3.63, 3.8) is 0 Å². The number of methoxy groups -OCH3 is 1. The first-order valence-corrected chi connectivity index (χ1v) is 3.96. The van der Waals surface area contributed by atoms with E-state index in [4.69, 9.17) is 4.74 Å². The quantitative estimate of drug-likeness (QED) is 0.649. The summed E-state index contributed by atoms with van der Waals surface area (Å²) < 4.78 is 5.19. The predicted molar refractivity (Wildman–Crippen MR) is 52.6 cm³/mol. The van der Waals surface area contributed by atoms with Crippen LogP contribution in [0.2, 0.25) is 0 Å². The van der Waals surface area contributed by atoms with E-state index in [-0.39, 0.29) is 0 Å². The molecular weight excluding hydrogens is 148 g/mol. The molecule has 1 aromatic rings. The molecule has 0 atom stereocenters. The summed E-state index contributed by atoms with van der Waals surface area (Å²) >= 11 is 0. The van der Waals surface area contributed by atoms with Crippen molar-refractivity contribution >= 4 is 6.08 Å². The van der Waals surface area contributed by atoms with Crippen LogP contribution in [-0.4, -0.2) is 7.11 Å². The number of hydrogen-bond acceptors (Lipinski definition) is 1. The average Bonchev–Trinajstić information content (AvgIpc) is 2.08. The maximum Gasteiger partial charge on any atom is 0.122 e. The molecule has 0 aliphatic carbocycles. The highest BCUT2D eigenvalue weighted by Gasteiger charge is 2.01. The average molecular weight is 162 g/mol. The highest BCUT2D eigenvalue weighted by atomic mass is 16.5. The van der Waals surface area contributed by atoms with Gasteiger partial charge in [-0.05, 0) is 42.7 Å². The largest absolute Gasteiger partial charge is 0.496 e. The van der Waals surface area contributed by atoms with Gasteiger partial charge in [0.25, 0.3) is 0 Å². The first-order valence-electron chi connectivity index (χ1n) is 3.96. The topological polar surface area (TPSA) is 9.23 Å². The van der Waals surface area contributed by atoms with Crippen molar-refractivity contribution in [2.45, 2.75) is 13.8 Å². The SMILES string of the molecule is C=Cc1cc(C)c(OC)cc1C. The summed E-state index contributed by atoms with van der Waals surface area (Å²) in [6.07, 6.45) is 1.86. The fourth-order valence-corrected chi connectivity index (χ4v) is 1.25. The van der Waals surface area contributed by atoms with Crippen molar-refractivity contribution < 1.29 is 4.74 Å². The van der Waals surface area contributed by atoms with Crippen molar-refractivity contribution in [3.8, 4) is 5.75 Å². The van der Waals surface area contributed by atoms with Crippen LogP contribution in [-0.2, 0) is 0 Å². The molecule has 0 unspecified atom stereocenters. The normalized spacial score (nSPS) is 9.58. The minimum Gasteiger partial charge on any atom is -0.496 e. The smallest absolute Gasteiger partial charge is 0.122 e. The molecule has 12 heavy (non-hydrogen) atoms. The molecule has 0 bridgehead atoms. The molecule has 1 nitrogen and oxygen atoms in total. The third-order valence-corrected chi connectivity index (χ3v) is 2.00. The second-order valence-corrected chi connectivity index (χ2v) is 2.88. The molecule has 0 N–H and O–H groups in total. The van der Waals surface area contributed by atoms with Crippen LogP contribution in [0.4, 0.5) is 0 Å². The van der Waals surface area contributed by atoms with Crippen molar-refractivity contribution in [1.29, 1.82) is 0 Å². The Balaban J connectivity index is 3.25. The Labute approximate surface area is 73.7 Å². The van der Waals surface area contributed by atoms with E-state index >= 15 is 0 Å². The summed E-state index contributed by atoms with van der Waals surface area (Å²) in [7, 11) is 1.69. The highest BCUT2D eigenvalue weighted by Crippen LogP contribution is 2.22. The zero-order valence-corrected chi connectivity index (χ0v) is 7.85. The molecule has 1 aromatic carbocycles. The van der Waals surface area contributed by atoms with Gasteiger partial charge in [0.05, 0.1) is 7.11 Å². The maximum absolute atomic E-state index is 5.19. The molecule has 0 spiro atoms. The Morgan fingerprint density at radius 1 is 1.25 bits per heavy atom. The molecule has 0 heterocycles. The van der Waals surface area contributed by atoms with Gasteiger partial charge in [0, 0.05) is 0 Å². The zero-order valence-electron chi connectivity index (χ0n) is 7.85. The molecular formula is C11H14O. The van der Waals surface area contributed by atoms with Crippen LogP contribution in [0.5, 0.6) is 5.75 Å². The van der Waals surface area contributed by atoms with Crippen molar-refractivity contribution in [3.05, 3.63) is 35.4 Å². The highest BCUT2D eigenvalue weighted by molar-refractivity contribution is 5.56. The molecule has 0 fully saturated rings. The molecule has 64 valence electrons. The minimum atomic E-state index is 0.943. The Hall–Kier alpha value is -1.24. The van der Waals surface area contributed by atoms with Crippen molar-refractivity contribution in [2.24, 2.45) is 0 Å². The summed E-state index contributed by atoms with van der Waals surface area (Å²) in [4.78, 5) is 0. The Kier molecular flexibility index (Phi) is 2.54. The van der Waals surface area contributed by atoms with Crippen LogP contribution in [0.3, 0.4) is 0 Å². The molecule has 0 saturated heterocycles. The first kappa shape index (κ1) is 8.85. The molecule has 1 rings (SSSR count). The molecule has 0 radical (unpaired) electrons. The van der Waals surface area contributed by atoms with Gasteiger partial charge in [-0.1, -0.05) is 12.7 Å². The van der Waals surface area contributed by atoms with Crippen LogP contribution >= 0.6 is 0 Å². The second-order valence-electron chi connectivity index (χ2n) is 2.88. The van der Waals surface area contributed by atoms with Gasteiger partial charge in [-0.3, -0.25) is 0 Å². The van der Waals surface area contributed by atoms with Crippen LogP contribution < -0.4 is 4.74 Å². The maximum atomic E-state index is 5.19. The van der Waals surface area contributed by atoms with Gasteiger partial charge >= 0.3 is 0 Å². The van der Waals surface area contributed by atoms with Crippen LogP contribution in [0.1, 0.15) is 16.7 Å². The molecule has 0 aliphatic rings. The lowest BCUT2D eigenvalue weighted by molar-refractivity contribution is 0.411. The van der Waals surface area contributed by atoms with Gasteiger partial charge in [0.15, 0.2) is 0 Å². The third-order valence-electron chi connectivity index (χ3n) is 2.00. The lowest BCUT2D eigenvalue weighted by atomic mass is 10.0. The van der Waals surface area contributed by atoms with Gasteiger partial charge in [-0.25, -0.2) is 0 Å². The number of ether oxygens (including phenoxy) is 1. The molecule has 1 heteroatoms. The fraction of sp³-hybridized carbons (Fsp3) is 0.273. The van der Waals surface area contributed by atoms with Gasteiger partial charge < -0.3 is 4.74 Å². The van der Waals surface area contributed by atoms with Gasteiger partial charge in [0.1, 0.15) is 5.75 Å². The molecule has 0 amide bonds. The van der Waals surface area contributed by atoms with Crippen LogP contribution in [0, 0.1) is 13.8 Å². The Morgan fingerprint density at radius 2 is 1.92 bits per heavy atom. The minimum absolute atomic E-state index is 0.943. The third kappa shape index (κ3) is 1.50. The Morgan fingerprint density at radius 3 is 2.42 bits per heavy atom. The zero-order chi connectivity index (χ0) is 9.14. The lowest BCUT2D eigenvalue weighted by Gasteiger charge is -2.07. The summed E-state index contributed by atoms with van der Waals surface area (Å²) in [6.45, 7) is 7.84. The van der Waals surface area contributed by atoms with E-state index in [2.05, 4.69) is 19.6 Å². The van der Waals surface area contributed by atoms with Crippen LogP contribution in [0.15, 0.2) is 18.7 Å². The van der Waals surface area contributed by atoms with Gasteiger partial charge in [0.2, 0.25) is 0 Å². The van der Waals surface area contributed by atoms with Crippen molar-refractivity contribution in [2.75, 3.05) is 7.11 Å². The summed E-state index contributed by atoms with van der Waals surface area (Å²) in [5, 5.41) is 0. The first-order chi connectivity index (χ1) is 5.69. The van der Waals surface area contributed by atoms with E-state index in [0.717, 1.165) is 11.3 Å². The molecule has 0 aliphatic heterocycles. The number of hydrogen-bond donors (Lipinski definition) is 0. The number of rotatable bonds is 2. The van der Waals surface area contributed by atoms with E-state index in [9.17, 15) is 0 Å². The summed E-state index contributed by atoms with van der Waals surface area (Å²) in [5.41, 5.74) is 3.53.